The quantitative estimate of drug-likeness (QED) is 0.173. The summed E-state index contributed by atoms with van der Waals surface area (Å²) in [4.78, 5) is 31.7. The normalized spacial score (nSPS) is 27.3. The largest absolute Gasteiger partial charge is 0.390 e. The van der Waals surface area contributed by atoms with Crippen LogP contribution in [0.15, 0.2) is 0 Å². The van der Waals surface area contributed by atoms with Gasteiger partial charge in [0.05, 0.1) is 17.4 Å². The van der Waals surface area contributed by atoms with Gasteiger partial charge >= 0.3 is 0 Å². The minimum atomic E-state index is -3.67. The summed E-state index contributed by atoms with van der Waals surface area (Å²) in [6.07, 6.45) is -0.461. The molecule has 2 aliphatic carbocycles. The summed E-state index contributed by atoms with van der Waals surface area (Å²) in [5.41, 5.74) is 0. The van der Waals surface area contributed by atoms with Crippen molar-refractivity contribution in [1.82, 2.24) is 20.1 Å². The van der Waals surface area contributed by atoms with Gasteiger partial charge < -0.3 is 15.3 Å². The van der Waals surface area contributed by atoms with Crippen molar-refractivity contribution in [2.24, 2.45) is 23.7 Å². The molecule has 12 heteroatoms. The summed E-state index contributed by atoms with van der Waals surface area (Å²) in [5, 5.41) is 15.0. The first-order chi connectivity index (χ1) is 20.7. The molecule has 2 aliphatic rings. The average molecular weight is 647 g/mol. The molecular weight excluding hydrogens is 590 g/mol. The molecule has 0 aromatic carbocycles. The summed E-state index contributed by atoms with van der Waals surface area (Å²) < 4.78 is 53.6. The van der Waals surface area contributed by atoms with Crippen LogP contribution in [0.5, 0.6) is 0 Å². The molecule has 2 rings (SSSR count). The number of carbonyl (C=O) groups excluding carboxylic acids is 2. The van der Waals surface area contributed by atoms with Crippen LogP contribution in [0, 0.1) is 35.5 Å². The highest BCUT2D eigenvalue weighted by Crippen LogP contribution is 2.36. The average Bonchev–Trinajstić information content (AvgIpc) is 2.95. The van der Waals surface area contributed by atoms with Crippen LogP contribution >= 0.6 is 0 Å². The second kappa shape index (κ2) is 18.4. The summed E-state index contributed by atoms with van der Waals surface area (Å²) >= 11 is 0. The number of halogens is 2. The topological polar surface area (TPSA) is 119 Å². The lowest BCUT2D eigenvalue weighted by Gasteiger charge is -2.37. The first kappa shape index (κ1) is 38.4. The summed E-state index contributed by atoms with van der Waals surface area (Å²) in [5.74, 6) is 4.39. The first-order valence-electron chi connectivity index (χ1n) is 16.5. The molecule has 44 heavy (non-hydrogen) atoms. The smallest absolute Gasteiger partial charge is 0.226 e. The molecular formula is C32H56F2N4O5S. The Kier molecular flexibility index (Phi) is 16.0. The summed E-state index contributed by atoms with van der Waals surface area (Å²) in [7, 11) is -3.67. The highest BCUT2D eigenvalue weighted by molar-refractivity contribution is 7.90. The van der Waals surface area contributed by atoms with Crippen LogP contribution in [-0.4, -0.2) is 91.2 Å². The number of amides is 2. The molecule has 7 unspecified atom stereocenters. The van der Waals surface area contributed by atoms with Gasteiger partial charge in [-0.1, -0.05) is 20.8 Å². The molecule has 254 valence electrons. The predicted molar refractivity (Wildman–Crippen MR) is 169 cm³/mol. The van der Waals surface area contributed by atoms with Gasteiger partial charge in [-0.3, -0.25) is 9.59 Å². The molecule has 0 aliphatic heterocycles. The van der Waals surface area contributed by atoms with Gasteiger partial charge in [-0.15, -0.1) is 16.7 Å². The summed E-state index contributed by atoms with van der Waals surface area (Å²) in [6.45, 7) is 12.0. The zero-order chi connectivity index (χ0) is 33.0. The number of carbonyl (C=O) groups is 2. The van der Waals surface area contributed by atoms with Crippen LogP contribution in [0.25, 0.3) is 0 Å². The number of sulfonamides is 1. The number of hydrogen-bond acceptors (Lipinski definition) is 6. The Labute approximate surface area is 264 Å². The van der Waals surface area contributed by atoms with Crippen molar-refractivity contribution in [3.8, 4) is 11.8 Å². The molecule has 0 spiro atoms. The van der Waals surface area contributed by atoms with E-state index in [1.165, 1.54) is 5.01 Å². The van der Waals surface area contributed by atoms with Crippen molar-refractivity contribution in [1.29, 1.82) is 0 Å². The molecule has 0 aromatic heterocycles. The van der Waals surface area contributed by atoms with E-state index in [9.17, 15) is 31.9 Å². The number of aliphatic hydroxyl groups is 1. The Morgan fingerprint density at radius 1 is 0.955 bits per heavy atom. The maximum absolute atomic E-state index is 14.3. The standard InChI is InChI=1S/C32H56F2N4O5S/c1-7-11-23-14-25(19-26(15-23)32(41)37(12-8-2)13-9-3)31(40)35-29(18-24-16-27(33)20-28(34)17-24)30(39)21-38(10-4)36-44(42,43)22(5)6/h22-30,36,39H,8-10,12-21H2,1-6H3,(H,35,40). The molecule has 0 heterocycles. The Balaban J connectivity index is 2.28. The zero-order valence-corrected chi connectivity index (χ0v) is 28.3. The van der Waals surface area contributed by atoms with E-state index in [4.69, 9.17) is 0 Å². The zero-order valence-electron chi connectivity index (χ0n) is 27.5. The van der Waals surface area contributed by atoms with E-state index in [2.05, 4.69) is 22.0 Å². The lowest BCUT2D eigenvalue weighted by molar-refractivity contribution is -0.139. The van der Waals surface area contributed by atoms with E-state index in [1.807, 2.05) is 18.7 Å². The molecule has 2 fully saturated rings. The lowest BCUT2D eigenvalue weighted by Crippen LogP contribution is -2.55. The van der Waals surface area contributed by atoms with Crippen molar-refractivity contribution in [3.63, 3.8) is 0 Å². The summed E-state index contributed by atoms with van der Waals surface area (Å²) in [6, 6.07) is -0.869. The SMILES string of the molecule is CC#CC1CC(C(=O)NC(CC2CC(F)CC(F)C2)C(O)CN(CC)NS(=O)(=O)C(C)C)CC(C(=O)N(CCC)CCC)C1. The highest BCUT2D eigenvalue weighted by atomic mass is 32.2. The number of nitrogens with one attached hydrogen (secondary N) is 2. The van der Waals surface area contributed by atoms with Gasteiger partial charge in [0.1, 0.15) is 12.3 Å². The van der Waals surface area contributed by atoms with Crippen molar-refractivity contribution in [2.45, 2.75) is 129 Å². The number of nitrogens with zero attached hydrogens (tertiary/aromatic N) is 2. The number of hydrogen-bond donors (Lipinski definition) is 3. The fourth-order valence-corrected chi connectivity index (χ4v) is 7.28. The Hall–Kier alpha value is -1.81. The fourth-order valence-electron chi connectivity index (χ4n) is 6.51. The van der Waals surface area contributed by atoms with Gasteiger partial charge in [-0.05, 0) is 78.1 Å². The second-order valence-electron chi connectivity index (χ2n) is 12.9. The van der Waals surface area contributed by atoms with Gasteiger partial charge in [0.15, 0.2) is 0 Å². The molecule has 3 N–H and O–H groups in total. The second-order valence-corrected chi connectivity index (χ2v) is 15.1. The van der Waals surface area contributed by atoms with E-state index >= 15 is 0 Å². The highest BCUT2D eigenvalue weighted by Gasteiger charge is 2.39. The predicted octanol–water partition coefficient (Wildman–Crippen LogP) is 3.97. The molecule has 0 saturated heterocycles. The number of rotatable bonds is 16. The van der Waals surface area contributed by atoms with E-state index in [1.54, 1.807) is 27.7 Å². The van der Waals surface area contributed by atoms with Gasteiger partial charge in [0, 0.05) is 50.4 Å². The van der Waals surface area contributed by atoms with E-state index in [0.29, 0.717) is 32.4 Å². The van der Waals surface area contributed by atoms with Crippen LogP contribution in [-0.2, 0) is 19.6 Å². The third-order valence-electron chi connectivity index (χ3n) is 8.81. The van der Waals surface area contributed by atoms with Crippen LogP contribution in [0.2, 0.25) is 0 Å². The third kappa shape index (κ3) is 11.8. The Bertz CT molecular complexity index is 1070. The number of alkyl halides is 2. The van der Waals surface area contributed by atoms with Crippen molar-refractivity contribution in [2.75, 3.05) is 26.2 Å². The molecule has 9 nitrogen and oxygen atoms in total. The number of hydrazine groups is 1. The van der Waals surface area contributed by atoms with E-state index in [0.717, 1.165) is 12.8 Å². The maximum atomic E-state index is 14.3. The van der Waals surface area contributed by atoms with E-state index < -0.39 is 51.6 Å². The minimum Gasteiger partial charge on any atom is -0.390 e. The van der Waals surface area contributed by atoms with Crippen LogP contribution < -0.4 is 10.1 Å². The molecule has 0 radical (unpaired) electrons. The van der Waals surface area contributed by atoms with Gasteiger partial charge in [-0.2, -0.15) is 0 Å². The third-order valence-corrected chi connectivity index (χ3v) is 10.6. The fraction of sp³-hybridized carbons (Fsp3) is 0.875. The van der Waals surface area contributed by atoms with Crippen LogP contribution in [0.1, 0.15) is 99.3 Å². The number of likely N-dealkylation sites (N-methyl/N-ethyl adjacent to an activating group) is 1. The lowest BCUT2D eigenvalue weighted by atomic mass is 9.74. The van der Waals surface area contributed by atoms with Crippen LogP contribution in [0.4, 0.5) is 8.78 Å². The minimum absolute atomic E-state index is 0.0342. The molecule has 0 bridgehead atoms. The van der Waals surface area contributed by atoms with E-state index in [-0.39, 0.29) is 62.4 Å². The van der Waals surface area contributed by atoms with Gasteiger partial charge in [0.25, 0.3) is 0 Å². The van der Waals surface area contributed by atoms with Crippen molar-refractivity contribution in [3.05, 3.63) is 0 Å². The Morgan fingerprint density at radius 3 is 2.07 bits per heavy atom. The van der Waals surface area contributed by atoms with Gasteiger partial charge in [-0.25, -0.2) is 22.2 Å². The number of aliphatic hydroxyl groups excluding tert-OH is 1. The van der Waals surface area contributed by atoms with Crippen LogP contribution in [0.3, 0.4) is 0 Å². The van der Waals surface area contributed by atoms with Crippen molar-refractivity contribution >= 4 is 21.8 Å². The molecule has 2 saturated carbocycles. The molecule has 0 aromatic rings. The maximum Gasteiger partial charge on any atom is 0.226 e. The molecule has 2 amide bonds. The molecule has 7 atom stereocenters. The Morgan fingerprint density at radius 2 is 1.55 bits per heavy atom. The van der Waals surface area contributed by atoms with Crippen molar-refractivity contribution < 1.29 is 31.9 Å². The van der Waals surface area contributed by atoms with Gasteiger partial charge in [0.2, 0.25) is 21.8 Å². The monoisotopic (exact) mass is 646 g/mol. The first-order valence-corrected chi connectivity index (χ1v) is 18.0.